The third kappa shape index (κ3) is 3.82. The smallest absolute Gasteiger partial charge is 0.272 e. The Balaban J connectivity index is 2.26. The second kappa shape index (κ2) is 6.04. The molecule has 0 aliphatic heterocycles. The van der Waals surface area contributed by atoms with Gasteiger partial charge in [0.1, 0.15) is 0 Å². The van der Waals surface area contributed by atoms with Crippen LogP contribution in [-0.4, -0.2) is 19.3 Å². The van der Waals surface area contributed by atoms with Crippen molar-refractivity contribution in [3.05, 3.63) is 39.5 Å². The van der Waals surface area contributed by atoms with Crippen LogP contribution >= 0.6 is 37.9 Å². The summed E-state index contributed by atoms with van der Waals surface area (Å²) in [7, 11) is 1.44. The Bertz CT molecular complexity index is 818. The number of benzene rings is 1. The molecule has 1 amide bonds. The van der Waals surface area contributed by atoms with Crippen LogP contribution < -0.4 is 5.32 Å². The number of hydrogen-bond donors (Lipinski definition) is 1. The van der Waals surface area contributed by atoms with Gasteiger partial charge in [0.15, 0.2) is 9.34 Å². The average molecular weight is 410 g/mol. The van der Waals surface area contributed by atoms with E-state index in [-0.39, 0.29) is 20.9 Å². The third-order valence-corrected chi connectivity index (χ3v) is 6.74. The highest BCUT2D eigenvalue weighted by atomic mass is 79.9. The van der Waals surface area contributed by atoms with Crippen molar-refractivity contribution in [2.75, 3.05) is 5.32 Å². The molecule has 2 rings (SSSR count). The van der Waals surface area contributed by atoms with Crippen LogP contribution in [0.5, 0.6) is 0 Å². The fourth-order valence-corrected chi connectivity index (χ4v) is 4.29. The van der Waals surface area contributed by atoms with E-state index < -0.39 is 9.05 Å². The van der Waals surface area contributed by atoms with Gasteiger partial charge in [0.2, 0.25) is 0 Å². The first-order valence-corrected chi connectivity index (χ1v) is 9.60. The Kier molecular flexibility index (Phi) is 4.72. The van der Waals surface area contributed by atoms with Crippen LogP contribution in [0, 0.1) is 13.8 Å². The number of hydrogen-bond acceptors (Lipinski definition) is 5. The molecule has 5 nitrogen and oxygen atoms in total. The van der Waals surface area contributed by atoms with E-state index in [1.807, 2.05) is 6.92 Å². The van der Waals surface area contributed by atoms with Gasteiger partial charge in [-0.25, -0.2) is 13.4 Å². The zero-order valence-corrected chi connectivity index (χ0v) is 15.0. The molecule has 0 saturated carbocycles. The molecule has 0 unspecified atom stereocenters. The van der Waals surface area contributed by atoms with Crippen LogP contribution in [-0.2, 0) is 9.05 Å². The maximum Gasteiger partial charge on any atom is 0.272 e. The number of nitrogens with one attached hydrogen (secondary N) is 1. The summed E-state index contributed by atoms with van der Waals surface area (Å²) >= 11 is 4.17. The number of aryl methyl sites for hydroxylation is 2. The second-order valence-corrected chi connectivity index (χ2v) is 8.86. The van der Waals surface area contributed by atoms with Gasteiger partial charge in [-0.1, -0.05) is 33.3 Å². The topological polar surface area (TPSA) is 76.1 Å². The minimum absolute atomic E-state index is 0.0652. The fraction of sp³-hybridized carbons (Fsp3) is 0.167. The summed E-state index contributed by atoms with van der Waals surface area (Å²) in [6.07, 6.45) is 0. The molecule has 0 aliphatic rings. The molecule has 0 saturated heterocycles. The first kappa shape index (κ1) is 16.4. The van der Waals surface area contributed by atoms with Crippen LogP contribution in [0.15, 0.2) is 26.9 Å². The van der Waals surface area contributed by atoms with Crippen molar-refractivity contribution in [2.24, 2.45) is 0 Å². The van der Waals surface area contributed by atoms with Crippen LogP contribution in [0.25, 0.3) is 0 Å². The predicted octanol–water partition coefficient (Wildman–Crippen LogP) is 3.70. The number of carbonyl (C=O) groups excluding carboxylic acids is 1. The van der Waals surface area contributed by atoms with Gasteiger partial charge < -0.3 is 0 Å². The zero-order chi connectivity index (χ0) is 15.8. The van der Waals surface area contributed by atoms with Crippen molar-refractivity contribution in [1.29, 1.82) is 0 Å². The van der Waals surface area contributed by atoms with E-state index in [2.05, 4.69) is 26.2 Å². The van der Waals surface area contributed by atoms with E-state index in [1.54, 1.807) is 18.2 Å². The van der Waals surface area contributed by atoms with Crippen LogP contribution in [0.4, 0.5) is 5.13 Å². The van der Waals surface area contributed by atoms with E-state index >= 15 is 0 Å². The number of halogens is 2. The largest absolute Gasteiger partial charge is 0.298 e. The quantitative estimate of drug-likeness (QED) is 0.784. The summed E-state index contributed by atoms with van der Waals surface area (Å²) in [5, 5.41) is 2.75. The summed E-state index contributed by atoms with van der Waals surface area (Å²) in [6, 6.07) is 5.17. The molecule has 0 bridgehead atoms. The standard InChI is InChI=1S/C12H10BrClN2O3S2/c1-6-3-4-8(5-9(6)13)10(17)16-12-15-7(2)11(20-12)21(14,18)19/h3-5H,1-2H3,(H,15,16,17). The summed E-state index contributed by atoms with van der Waals surface area (Å²) in [5.41, 5.74) is 1.71. The Morgan fingerprint density at radius 1 is 1.38 bits per heavy atom. The average Bonchev–Trinajstić information content (AvgIpc) is 2.73. The summed E-state index contributed by atoms with van der Waals surface area (Å²) < 4.78 is 23.4. The van der Waals surface area contributed by atoms with Crippen LogP contribution in [0.1, 0.15) is 21.6 Å². The van der Waals surface area contributed by atoms with Crippen molar-refractivity contribution < 1.29 is 13.2 Å². The maximum atomic E-state index is 12.1. The lowest BCUT2D eigenvalue weighted by molar-refractivity contribution is 0.102. The Morgan fingerprint density at radius 3 is 2.57 bits per heavy atom. The van der Waals surface area contributed by atoms with E-state index in [4.69, 9.17) is 10.7 Å². The molecule has 1 aromatic heterocycles. The van der Waals surface area contributed by atoms with Crippen LogP contribution in [0.2, 0.25) is 0 Å². The monoisotopic (exact) mass is 408 g/mol. The van der Waals surface area contributed by atoms with Gasteiger partial charge in [-0.2, -0.15) is 0 Å². The van der Waals surface area contributed by atoms with Gasteiger partial charge in [0, 0.05) is 20.7 Å². The predicted molar refractivity (Wildman–Crippen MR) is 86.7 cm³/mol. The normalized spacial score (nSPS) is 11.4. The van der Waals surface area contributed by atoms with E-state index in [1.165, 1.54) is 6.92 Å². The second-order valence-electron chi connectivity index (χ2n) is 4.25. The lowest BCUT2D eigenvalue weighted by Crippen LogP contribution is -2.11. The van der Waals surface area contributed by atoms with Crippen molar-refractivity contribution in [2.45, 2.75) is 18.1 Å². The first-order chi connectivity index (χ1) is 9.68. The molecule has 0 aliphatic carbocycles. The first-order valence-electron chi connectivity index (χ1n) is 5.68. The highest BCUT2D eigenvalue weighted by Gasteiger charge is 2.20. The molecular weight excluding hydrogens is 400 g/mol. The number of rotatable bonds is 3. The minimum atomic E-state index is -3.86. The SMILES string of the molecule is Cc1ccc(C(=O)Nc2nc(C)c(S(=O)(=O)Cl)s2)cc1Br. The lowest BCUT2D eigenvalue weighted by atomic mass is 10.1. The molecule has 1 heterocycles. The molecule has 1 aromatic carbocycles. The molecule has 0 spiro atoms. The highest BCUT2D eigenvalue weighted by Crippen LogP contribution is 2.30. The Hall–Kier alpha value is -0.960. The Morgan fingerprint density at radius 2 is 2.05 bits per heavy atom. The van der Waals surface area contributed by atoms with Crippen molar-refractivity contribution in [3.8, 4) is 0 Å². The molecule has 21 heavy (non-hydrogen) atoms. The molecule has 9 heteroatoms. The van der Waals surface area contributed by atoms with Gasteiger partial charge in [-0.05, 0) is 31.5 Å². The fourth-order valence-electron chi connectivity index (χ4n) is 1.57. The van der Waals surface area contributed by atoms with Crippen molar-refractivity contribution >= 4 is 58.0 Å². The van der Waals surface area contributed by atoms with Gasteiger partial charge in [0.25, 0.3) is 15.0 Å². The maximum absolute atomic E-state index is 12.1. The van der Waals surface area contributed by atoms with Crippen molar-refractivity contribution in [3.63, 3.8) is 0 Å². The van der Waals surface area contributed by atoms with Gasteiger partial charge in [-0.3, -0.25) is 10.1 Å². The molecule has 1 N–H and O–H groups in total. The van der Waals surface area contributed by atoms with Crippen molar-refractivity contribution in [1.82, 2.24) is 4.98 Å². The van der Waals surface area contributed by atoms with Gasteiger partial charge in [-0.15, -0.1) is 0 Å². The molecule has 0 atom stereocenters. The number of amides is 1. The number of nitrogens with zero attached hydrogens (tertiary/aromatic N) is 1. The van der Waals surface area contributed by atoms with Crippen LogP contribution in [0.3, 0.4) is 0 Å². The minimum Gasteiger partial charge on any atom is -0.298 e. The van der Waals surface area contributed by atoms with Gasteiger partial charge in [0.05, 0.1) is 5.69 Å². The zero-order valence-electron chi connectivity index (χ0n) is 11.0. The van der Waals surface area contributed by atoms with E-state index in [0.717, 1.165) is 21.4 Å². The summed E-state index contributed by atoms with van der Waals surface area (Å²) in [4.78, 5) is 16.1. The molecule has 0 fully saturated rings. The highest BCUT2D eigenvalue weighted by molar-refractivity contribution is 9.10. The van der Waals surface area contributed by atoms with E-state index in [0.29, 0.717) is 5.56 Å². The summed E-state index contributed by atoms with van der Waals surface area (Å²) in [6.45, 7) is 3.43. The Labute approximate surface area is 138 Å². The summed E-state index contributed by atoms with van der Waals surface area (Å²) in [5.74, 6) is -0.372. The van der Waals surface area contributed by atoms with Gasteiger partial charge >= 0.3 is 0 Å². The third-order valence-electron chi connectivity index (χ3n) is 2.63. The van der Waals surface area contributed by atoms with E-state index in [9.17, 15) is 13.2 Å². The molecular formula is C12H10BrClN2O3S2. The number of aromatic nitrogens is 1. The number of carbonyl (C=O) groups is 1. The lowest BCUT2D eigenvalue weighted by Gasteiger charge is -2.03. The number of thiazole rings is 1. The number of anilines is 1. The molecule has 112 valence electrons. The molecule has 2 aromatic rings. The molecule has 0 radical (unpaired) electrons.